The van der Waals surface area contributed by atoms with Crippen LogP contribution in [-0.4, -0.2) is 24.5 Å². The van der Waals surface area contributed by atoms with Crippen LogP contribution in [-0.2, 0) is 0 Å². The summed E-state index contributed by atoms with van der Waals surface area (Å²) in [7, 11) is 0. The van der Waals surface area contributed by atoms with Gasteiger partial charge in [0, 0.05) is 0 Å². The van der Waals surface area contributed by atoms with Crippen molar-refractivity contribution in [2.24, 2.45) is 11.3 Å². The van der Waals surface area contributed by atoms with Gasteiger partial charge in [-0.2, -0.15) is 0 Å². The van der Waals surface area contributed by atoms with Gasteiger partial charge in [0.15, 0.2) is 0 Å². The van der Waals surface area contributed by atoms with Crippen LogP contribution in [0.3, 0.4) is 0 Å². The number of hydrogen-bond donors (Lipinski definition) is 0. The van der Waals surface area contributed by atoms with Crippen molar-refractivity contribution in [3.63, 3.8) is 0 Å². The summed E-state index contributed by atoms with van der Waals surface area (Å²) in [5.74, 6) is 1.06. The van der Waals surface area contributed by atoms with Crippen molar-refractivity contribution in [1.29, 1.82) is 0 Å². The average Bonchev–Trinajstić information content (AvgIpc) is 2.31. The van der Waals surface area contributed by atoms with E-state index in [1.807, 2.05) is 0 Å². The van der Waals surface area contributed by atoms with Gasteiger partial charge in [0.1, 0.15) is 0 Å². The van der Waals surface area contributed by atoms with Crippen LogP contribution >= 0.6 is 0 Å². The number of likely N-dealkylation sites (tertiary alicyclic amines) is 1. The van der Waals surface area contributed by atoms with Crippen molar-refractivity contribution < 1.29 is 0 Å². The fourth-order valence-corrected chi connectivity index (χ4v) is 3.54. The highest BCUT2D eigenvalue weighted by atomic mass is 15.1. The van der Waals surface area contributed by atoms with E-state index in [1.54, 1.807) is 0 Å². The summed E-state index contributed by atoms with van der Waals surface area (Å²) in [6.07, 6.45) is 10.5. The summed E-state index contributed by atoms with van der Waals surface area (Å²) >= 11 is 0. The smallest absolute Gasteiger partial charge is 0.00135 e. The second-order valence-corrected chi connectivity index (χ2v) is 5.79. The van der Waals surface area contributed by atoms with Crippen LogP contribution in [0.25, 0.3) is 0 Å². The molecule has 0 bridgehead atoms. The highest BCUT2D eigenvalue weighted by molar-refractivity contribution is 4.89. The zero-order chi connectivity index (χ0) is 10.7. The van der Waals surface area contributed by atoms with Gasteiger partial charge < -0.3 is 4.90 Å². The lowest BCUT2D eigenvalue weighted by atomic mass is 9.65. The average molecular weight is 209 g/mol. The number of nitrogens with zero attached hydrogens (tertiary/aromatic N) is 1. The highest BCUT2D eigenvalue weighted by Gasteiger charge is 2.37. The van der Waals surface area contributed by atoms with E-state index in [0.717, 1.165) is 11.3 Å². The SMILES string of the molecule is CCC1CCC2(CC1)CCN(CC)CC2. The molecule has 88 valence electrons. The normalized spacial score (nSPS) is 28.4. The minimum Gasteiger partial charge on any atom is -0.304 e. The third kappa shape index (κ3) is 2.55. The Kier molecular flexibility index (Phi) is 3.71. The van der Waals surface area contributed by atoms with Crippen LogP contribution in [0.15, 0.2) is 0 Å². The molecule has 1 heteroatoms. The van der Waals surface area contributed by atoms with Gasteiger partial charge in [-0.3, -0.25) is 0 Å². The molecule has 0 aromatic rings. The van der Waals surface area contributed by atoms with E-state index in [-0.39, 0.29) is 0 Å². The molecule has 0 aromatic carbocycles. The molecule has 0 radical (unpaired) electrons. The number of rotatable bonds is 2. The largest absolute Gasteiger partial charge is 0.304 e. The van der Waals surface area contributed by atoms with E-state index in [2.05, 4.69) is 18.7 Å². The first kappa shape index (κ1) is 11.4. The van der Waals surface area contributed by atoms with Gasteiger partial charge in [0.25, 0.3) is 0 Å². The molecule has 1 heterocycles. The molecule has 15 heavy (non-hydrogen) atoms. The minimum absolute atomic E-state index is 0.775. The molecule has 0 amide bonds. The first-order valence-electron chi connectivity index (χ1n) is 7.00. The monoisotopic (exact) mass is 209 g/mol. The van der Waals surface area contributed by atoms with E-state index in [9.17, 15) is 0 Å². The molecule has 1 aliphatic heterocycles. The lowest BCUT2D eigenvalue weighted by molar-refractivity contribution is 0.0538. The van der Waals surface area contributed by atoms with Crippen molar-refractivity contribution in [2.45, 2.75) is 58.8 Å². The third-order valence-electron chi connectivity index (χ3n) is 5.11. The van der Waals surface area contributed by atoms with Gasteiger partial charge in [-0.15, -0.1) is 0 Å². The Morgan fingerprint density at radius 3 is 2.07 bits per heavy atom. The molecule has 2 rings (SSSR count). The molecule has 1 spiro atoms. The zero-order valence-corrected chi connectivity index (χ0v) is 10.6. The van der Waals surface area contributed by atoms with E-state index in [4.69, 9.17) is 0 Å². The van der Waals surface area contributed by atoms with Crippen molar-refractivity contribution in [3.8, 4) is 0 Å². The maximum Gasteiger partial charge on any atom is -0.00135 e. The van der Waals surface area contributed by atoms with E-state index in [0.29, 0.717) is 0 Å². The Hall–Kier alpha value is -0.0400. The number of hydrogen-bond acceptors (Lipinski definition) is 1. The maximum absolute atomic E-state index is 2.62. The Morgan fingerprint density at radius 1 is 1.00 bits per heavy atom. The molecule has 0 aromatic heterocycles. The molecule has 2 fully saturated rings. The Labute approximate surface area is 95.2 Å². The lowest BCUT2D eigenvalue weighted by Gasteiger charge is -2.45. The Balaban J connectivity index is 1.83. The van der Waals surface area contributed by atoms with E-state index < -0.39 is 0 Å². The molecule has 1 aliphatic carbocycles. The van der Waals surface area contributed by atoms with E-state index >= 15 is 0 Å². The molecular formula is C14H27N. The predicted octanol–water partition coefficient (Wildman–Crippen LogP) is 3.69. The Morgan fingerprint density at radius 2 is 1.60 bits per heavy atom. The van der Waals surface area contributed by atoms with Crippen LogP contribution in [0.1, 0.15) is 58.8 Å². The summed E-state index contributed by atoms with van der Waals surface area (Å²) in [6, 6.07) is 0. The molecule has 2 aliphatic rings. The van der Waals surface area contributed by atoms with Gasteiger partial charge in [0.2, 0.25) is 0 Å². The van der Waals surface area contributed by atoms with Gasteiger partial charge in [-0.05, 0) is 69.5 Å². The van der Waals surface area contributed by atoms with Gasteiger partial charge in [-0.25, -0.2) is 0 Å². The minimum atomic E-state index is 0.775. The molecule has 1 saturated carbocycles. The highest BCUT2D eigenvalue weighted by Crippen LogP contribution is 2.46. The van der Waals surface area contributed by atoms with E-state index in [1.165, 1.54) is 64.6 Å². The maximum atomic E-state index is 2.62. The summed E-state index contributed by atoms with van der Waals surface area (Å²) in [6.45, 7) is 8.66. The number of piperidine rings is 1. The van der Waals surface area contributed by atoms with Crippen LogP contribution in [0.4, 0.5) is 0 Å². The Bertz CT molecular complexity index is 158. The van der Waals surface area contributed by atoms with Crippen LogP contribution in [0, 0.1) is 11.3 Å². The summed E-state index contributed by atoms with van der Waals surface area (Å²) in [4.78, 5) is 2.62. The quantitative estimate of drug-likeness (QED) is 0.670. The summed E-state index contributed by atoms with van der Waals surface area (Å²) in [5, 5.41) is 0. The standard InChI is InChI=1S/C14H27N/c1-3-13-5-7-14(8-6-13)9-11-15(4-2)12-10-14/h13H,3-12H2,1-2H3. The first-order valence-corrected chi connectivity index (χ1v) is 7.00. The molecule has 0 unspecified atom stereocenters. The van der Waals surface area contributed by atoms with Crippen molar-refractivity contribution in [3.05, 3.63) is 0 Å². The third-order valence-corrected chi connectivity index (χ3v) is 5.11. The summed E-state index contributed by atoms with van der Waals surface area (Å²) < 4.78 is 0. The molecule has 0 N–H and O–H groups in total. The van der Waals surface area contributed by atoms with Crippen LogP contribution < -0.4 is 0 Å². The van der Waals surface area contributed by atoms with Crippen molar-refractivity contribution in [2.75, 3.05) is 19.6 Å². The van der Waals surface area contributed by atoms with Crippen LogP contribution in [0.5, 0.6) is 0 Å². The molecule has 0 atom stereocenters. The van der Waals surface area contributed by atoms with Gasteiger partial charge >= 0.3 is 0 Å². The summed E-state index contributed by atoms with van der Waals surface area (Å²) in [5.41, 5.74) is 0.775. The van der Waals surface area contributed by atoms with Crippen molar-refractivity contribution in [1.82, 2.24) is 4.90 Å². The molecule has 1 saturated heterocycles. The second kappa shape index (κ2) is 4.86. The molecular weight excluding hydrogens is 182 g/mol. The van der Waals surface area contributed by atoms with Gasteiger partial charge in [0.05, 0.1) is 0 Å². The lowest BCUT2D eigenvalue weighted by Crippen LogP contribution is -2.41. The predicted molar refractivity (Wildman–Crippen MR) is 66.0 cm³/mol. The zero-order valence-electron chi connectivity index (χ0n) is 10.6. The topological polar surface area (TPSA) is 3.24 Å². The first-order chi connectivity index (χ1) is 7.28. The van der Waals surface area contributed by atoms with Crippen molar-refractivity contribution >= 4 is 0 Å². The van der Waals surface area contributed by atoms with Crippen LogP contribution in [0.2, 0.25) is 0 Å². The fourth-order valence-electron chi connectivity index (χ4n) is 3.54. The van der Waals surface area contributed by atoms with Gasteiger partial charge in [-0.1, -0.05) is 20.3 Å². The fraction of sp³-hybridized carbons (Fsp3) is 1.00. The second-order valence-electron chi connectivity index (χ2n) is 5.79. The molecule has 1 nitrogen and oxygen atoms in total.